The average molecular weight is 293 g/mol. The molecule has 22 heavy (non-hydrogen) atoms. The van der Waals surface area contributed by atoms with Crippen molar-refractivity contribution in [2.24, 2.45) is 4.99 Å². The molecule has 1 spiro atoms. The van der Waals surface area contributed by atoms with Gasteiger partial charge in [-0.3, -0.25) is 0 Å². The van der Waals surface area contributed by atoms with Gasteiger partial charge in [0.05, 0.1) is 5.69 Å². The topological polar surface area (TPSA) is 27.6 Å². The predicted octanol–water partition coefficient (Wildman–Crippen LogP) is 4.48. The zero-order valence-electron chi connectivity index (χ0n) is 13.5. The molecule has 0 aromatic heterocycles. The lowest BCUT2D eigenvalue weighted by Gasteiger charge is -2.36. The van der Waals surface area contributed by atoms with Gasteiger partial charge >= 0.3 is 0 Å². The molecule has 0 bridgehead atoms. The lowest BCUT2D eigenvalue weighted by Crippen LogP contribution is -2.31. The maximum Gasteiger partial charge on any atom is 0.103 e. The summed E-state index contributed by atoms with van der Waals surface area (Å²) in [5, 5.41) is 3.24. The van der Waals surface area contributed by atoms with Crippen LogP contribution in [-0.2, 0) is 5.41 Å². The molecule has 114 valence electrons. The van der Waals surface area contributed by atoms with E-state index in [1.807, 2.05) is 6.92 Å². The molecule has 3 heteroatoms. The summed E-state index contributed by atoms with van der Waals surface area (Å²) in [6.45, 7) is 10.6. The van der Waals surface area contributed by atoms with Gasteiger partial charge in [0.1, 0.15) is 5.84 Å². The number of hydrogen-bond donors (Lipinski definition) is 1. The standard InChI is InChI=1S/C19H23N3/c1-12-15-10-18-16(11-17(15)21-14(3)20-12)19(13(2)22(18)4)8-6-5-7-9-19/h10-11H,1-2,5-9H2,3-4H3,(H,20,21). The predicted molar refractivity (Wildman–Crippen MR) is 93.7 cm³/mol. The molecule has 2 heterocycles. The number of aliphatic imine (C=N–C) groups is 1. The molecule has 4 rings (SSSR count). The molecule has 2 aliphatic heterocycles. The number of nitrogens with zero attached hydrogens (tertiary/aromatic N) is 2. The second kappa shape index (κ2) is 4.48. The van der Waals surface area contributed by atoms with Crippen LogP contribution in [0.4, 0.5) is 11.4 Å². The molecule has 1 aromatic rings. The third-order valence-corrected chi connectivity index (χ3v) is 5.60. The molecule has 1 aromatic carbocycles. The molecular weight excluding hydrogens is 270 g/mol. The second-order valence-electron chi connectivity index (χ2n) is 6.84. The van der Waals surface area contributed by atoms with Gasteiger partial charge in [-0.15, -0.1) is 0 Å². The van der Waals surface area contributed by atoms with Crippen LogP contribution in [0.15, 0.2) is 36.0 Å². The Bertz CT molecular complexity index is 720. The number of amidine groups is 1. The molecule has 1 fully saturated rings. The summed E-state index contributed by atoms with van der Waals surface area (Å²) < 4.78 is 0. The summed E-state index contributed by atoms with van der Waals surface area (Å²) in [5.41, 5.74) is 7.18. The maximum absolute atomic E-state index is 4.70. The van der Waals surface area contributed by atoms with Crippen LogP contribution in [0.25, 0.3) is 5.70 Å². The summed E-state index contributed by atoms with van der Waals surface area (Å²) in [4.78, 5) is 6.98. The van der Waals surface area contributed by atoms with E-state index in [-0.39, 0.29) is 5.41 Å². The lowest BCUT2D eigenvalue weighted by atomic mass is 9.69. The van der Waals surface area contributed by atoms with Crippen molar-refractivity contribution in [2.75, 3.05) is 11.9 Å². The van der Waals surface area contributed by atoms with Crippen molar-refractivity contribution < 1.29 is 0 Å². The molecule has 0 radical (unpaired) electrons. The number of benzene rings is 1. The zero-order chi connectivity index (χ0) is 15.5. The van der Waals surface area contributed by atoms with Crippen LogP contribution >= 0.6 is 0 Å². The largest absolute Gasteiger partial charge is 0.348 e. The van der Waals surface area contributed by atoms with Crippen molar-refractivity contribution in [1.82, 2.24) is 5.32 Å². The normalized spacial score (nSPS) is 22.3. The molecule has 1 N–H and O–H groups in total. The van der Waals surface area contributed by atoms with Crippen LogP contribution in [0.1, 0.15) is 50.2 Å². The Morgan fingerprint density at radius 1 is 1.18 bits per heavy atom. The molecule has 0 atom stereocenters. The zero-order valence-corrected chi connectivity index (χ0v) is 13.5. The Morgan fingerprint density at radius 2 is 1.91 bits per heavy atom. The Hall–Kier alpha value is -2.03. The summed E-state index contributed by atoms with van der Waals surface area (Å²) in [5.74, 6) is 0.917. The summed E-state index contributed by atoms with van der Waals surface area (Å²) in [6, 6.07) is 4.53. The Labute approximate surface area is 132 Å². The van der Waals surface area contributed by atoms with Crippen LogP contribution in [0.5, 0.6) is 0 Å². The van der Waals surface area contributed by atoms with Crippen LogP contribution in [0, 0.1) is 0 Å². The van der Waals surface area contributed by atoms with Crippen molar-refractivity contribution in [1.29, 1.82) is 0 Å². The van der Waals surface area contributed by atoms with Gasteiger partial charge in [0, 0.05) is 35.1 Å². The van der Waals surface area contributed by atoms with E-state index in [9.17, 15) is 0 Å². The Morgan fingerprint density at radius 3 is 2.64 bits per heavy atom. The highest BCUT2D eigenvalue weighted by atomic mass is 15.2. The summed E-state index contributed by atoms with van der Waals surface area (Å²) in [7, 11) is 2.14. The highest BCUT2D eigenvalue weighted by Crippen LogP contribution is 2.55. The van der Waals surface area contributed by atoms with Gasteiger partial charge < -0.3 is 10.2 Å². The number of anilines is 1. The highest BCUT2D eigenvalue weighted by Gasteiger charge is 2.46. The van der Waals surface area contributed by atoms with E-state index in [1.54, 1.807) is 0 Å². The molecule has 3 nitrogen and oxygen atoms in total. The first-order chi connectivity index (χ1) is 10.5. The molecule has 0 saturated heterocycles. The first kappa shape index (κ1) is 13.6. The van der Waals surface area contributed by atoms with Crippen molar-refractivity contribution in [3.8, 4) is 0 Å². The van der Waals surface area contributed by atoms with Gasteiger partial charge in [-0.2, -0.15) is 0 Å². The fraction of sp³-hybridized carbons (Fsp3) is 0.421. The first-order valence-electron chi connectivity index (χ1n) is 8.16. The van der Waals surface area contributed by atoms with Gasteiger partial charge in [-0.05, 0) is 37.5 Å². The molecule has 0 unspecified atom stereocenters. The second-order valence-corrected chi connectivity index (χ2v) is 6.84. The summed E-state index contributed by atoms with van der Waals surface area (Å²) >= 11 is 0. The molecule has 0 amide bonds. The number of likely N-dealkylation sites (N-methyl/N-ethyl adjacent to an activating group) is 1. The minimum Gasteiger partial charge on any atom is -0.348 e. The SMILES string of the molecule is C=C1NC(C)=Nc2cc3c(cc21)N(C)C(=C)C31CCCCC1. The van der Waals surface area contributed by atoms with Crippen LogP contribution in [0.2, 0.25) is 0 Å². The first-order valence-corrected chi connectivity index (χ1v) is 8.16. The van der Waals surface area contributed by atoms with Crippen LogP contribution in [0.3, 0.4) is 0 Å². The third-order valence-electron chi connectivity index (χ3n) is 5.60. The van der Waals surface area contributed by atoms with Crippen molar-refractivity contribution >= 4 is 22.9 Å². The van der Waals surface area contributed by atoms with Gasteiger partial charge in [-0.1, -0.05) is 32.4 Å². The fourth-order valence-electron chi connectivity index (χ4n) is 4.40. The van der Waals surface area contributed by atoms with Crippen LogP contribution < -0.4 is 10.2 Å². The summed E-state index contributed by atoms with van der Waals surface area (Å²) in [6.07, 6.45) is 6.35. The van der Waals surface area contributed by atoms with Gasteiger partial charge in [-0.25, -0.2) is 4.99 Å². The van der Waals surface area contributed by atoms with Crippen LogP contribution in [-0.4, -0.2) is 12.9 Å². The number of hydrogen-bond acceptors (Lipinski definition) is 3. The fourth-order valence-corrected chi connectivity index (χ4v) is 4.40. The van der Waals surface area contributed by atoms with E-state index in [4.69, 9.17) is 4.99 Å². The highest BCUT2D eigenvalue weighted by molar-refractivity contribution is 5.97. The van der Waals surface area contributed by atoms with Gasteiger partial charge in [0.25, 0.3) is 0 Å². The number of allylic oxidation sites excluding steroid dienone is 1. The average Bonchev–Trinajstić information content (AvgIpc) is 2.69. The van der Waals surface area contributed by atoms with E-state index < -0.39 is 0 Å². The number of nitrogens with one attached hydrogen (secondary N) is 1. The number of fused-ring (bicyclic) bond motifs is 3. The molecular formula is C19H23N3. The monoisotopic (exact) mass is 293 g/mol. The van der Waals surface area contributed by atoms with E-state index in [1.165, 1.54) is 49.1 Å². The molecule has 3 aliphatic rings. The smallest absolute Gasteiger partial charge is 0.103 e. The van der Waals surface area contributed by atoms with Gasteiger partial charge in [0.15, 0.2) is 0 Å². The Kier molecular flexibility index (Phi) is 2.77. The maximum atomic E-state index is 4.70. The Balaban J connectivity index is 1.94. The third kappa shape index (κ3) is 1.65. The van der Waals surface area contributed by atoms with Crippen molar-refractivity contribution in [3.05, 3.63) is 42.1 Å². The van der Waals surface area contributed by atoms with E-state index >= 15 is 0 Å². The van der Waals surface area contributed by atoms with Crippen molar-refractivity contribution in [2.45, 2.75) is 44.4 Å². The quantitative estimate of drug-likeness (QED) is 0.764. The lowest BCUT2D eigenvalue weighted by molar-refractivity contribution is 0.347. The molecule has 1 aliphatic carbocycles. The van der Waals surface area contributed by atoms with E-state index in [0.717, 1.165) is 22.8 Å². The van der Waals surface area contributed by atoms with Gasteiger partial charge in [0.2, 0.25) is 0 Å². The minimum atomic E-state index is 0.132. The minimum absolute atomic E-state index is 0.132. The number of rotatable bonds is 0. The molecule has 1 saturated carbocycles. The van der Waals surface area contributed by atoms with E-state index in [0.29, 0.717) is 0 Å². The van der Waals surface area contributed by atoms with E-state index in [2.05, 4.69) is 42.6 Å². The van der Waals surface area contributed by atoms with Crippen molar-refractivity contribution in [3.63, 3.8) is 0 Å².